The SMILES string of the molecule is Nc1ccccc1NC(=O)CCCCC(=O)Nc1cccc(Br)c1. The van der Waals surface area contributed by atoms with Gasteiger partial charge in [-0.1, -0.05) is 34.1 Å². The van der Waals surface area contributed by atoms with E-state index in [0.29, 0.717) is 37.1 Å². The Morgan fingerprint density at radius 1 is 0.917 bits per heavy atom. The van der Waals surface area contributed by atoms with Crippen LogP contribution >= 0.6 is 15.9 Å². The van der Waals surface area contributed by atoms with Crippen molar-refractivity contribution >= 4 is 44.8 Å². The van der Waals surface area contributed by atoms with E-state index in [2.05, 4.69) is 26.6 Å². The van der Waals surface area contributed by atoms with E-state index in [-0.39, 0.29) is 11.8 Å². The van der Waals surface area contributed by atoms with Crippen LogP contribution in [0.3, 0.4) is 0 Å². The third kappa shape index (κ3) is 6.04. The number of rotatable bonds is 7. The minimum Gasteiger partial charge on any atom is -0.397 e. The second kappa shape index (κ2) is 9.08. The van der Waals surface area contributed by atoms with Gasteiger partial charge in [-0.05, 0) is 43.2 Å². The number of benzene rings is 2. The molecule has 0 atom stereocenters. The van der Waals surface area contributed by atoms with Gasteiger partial charge in [-0.25, -0.2) is 0 Å². The van der Waals surface area contributed by atoms with Crippen molar-refractivity contribution in [2.45, 2.75) is 25.7 Å². The summed E-state index contributed by atoms with van der Waals surface area (Å²) in [7, 11) is 0. The number of carbonyl (C=O) groups excluding carboxylic acids is 2. The lowest BCUT2D eigenvalue weighted by molar-refractivity contribution is -0.118. The Morgan fingerprint density at radius 2 is 1.58 bits per heavy atom. The fourth-order valence-electron chi connectivity index (χ4n) is 2.18. The number of nitrogens with two attached hydrogens (primary N) is 1. The summed E-state index contributed by atoms with van der Waals surface area (Å²) in [5.74, 6) is -0.152. The van der Waals surface area contributed by atoms with E-state index in [1.807, 2.05) is 36.4 Å². The summed E-state index contributed by atoms with van der Waals surface area (Å²) in [6, 6.07) is 14.6. The van der Waals surface area contributed by atoms with Gasteiger partial charge in [0.1, 0.15) is 0 Å². The molecule has 2 aromatic rings. The zero-order valence-electron chi connectivity index (χ0n) is 13.2. The molecule has 0 unspecified atom stereocenters. The van der Waals surface area contributed by atoms with E-state index in [9.17, 15) is 9.59 Å². The number of halogens is 1. The van der Waals surface area contributed by atoms with Crippen molar-refractivity contribution in [3.05, 3.63) is 53.0 Å². The van der Waals surface area contributed by atoms with Crippen molar-refractivity contribution in [2.24, 2.45) is 0 Å². The van der Waals surface area contributed by atoms with Crippen LogP contribution in [-0.2, 0) is 9.59 Å². The fourth-order valence-corrected chi connectivity index (χ4v) is 2.58. The quantitative estimate of drug-likeness (QED) is 0.490. The average Bonchev–Trinajstić information content (AvgIpc) is 2.54. The molecule has 126 valence electrons. The third-order valence-electron chi connectivity index (χ3n) is 3.40. The van der Waals surface area contributed by atoms with E-state index >= 15 is 0 Å². The van der Waals surface area contributed by atoms with E-state index in [1.54, 1.807) is 12.1 Å². The summed E-state index contributed by atoms with van der Waals surface area (Å²) < 4.78 is 0.914. The van der Waals surface area contributed by atoms with Gasteiger partial charge in [-0.2, -0.15) is 0 Å². The van der Waals surface area contributed by atoms with E-state index in [4.69, 9.17) is 5.73 Å². The molecule has 0 aliphatic rings. The van der Waals surface area contributed by atoms with E-state index < -0.39 is 0 Å². The average molecular weight is 390 g/mol. The predicted octanol–water partition coefficient (Wildman–Crippen LogP) is 4.17. The first-order valence-electron chi connectivity index (χ1n) is 7.74. The van der Waals surface area contributed by atoms with Crippen LogP contribution in [0.25, 0.3) is 0 Å². The number of hydrogen-bond donors (Lipinski definition) is 3. The van der Waals surface area contributed by atoms with Crippen molar-refractivity contribution in [1.29, 1.82) is 0 Å². The van der Waals surface area contributed by atoms with E-state index in [1.165, 1.54) is 0 Å². The second-order valence-corrected chi connectivity index (χ2v) is 6.32. The highest BCUT2D eigenvalue weighted by Gasteiger charge is 2.06. The molecule has 0 aliphatic heterocycles. The molecule has 0 radical (unpaired) electrons. The summed E-state index contributed by atoms with van der Waals surface area (Å²) in [4.78, 5) is 23.7. The lowest BCUT2D eigenvalue weighted by Gasteiger charge is -2.08. The van der Waals surface area contributed by atoms with Gasteiger partial charge >= 0.3 is 0 Å². The van der Waals surface area contributed by atoms with Crippen molar-refractivity contribution in [3.63, 3.8) is 0 Å². The fraction of sp³-hybridized carbons (Fsp3) is 0.222. The Hall–Kier alpha value is -2.34. The van der Waals surface area contributed by atoms with Crippen molar-refractivity contribution in [2.75, 3.05) is 16.4 Å². The number of amides is 2. The summed E-state index contributed by atoms with van der Waals surface area (Å²) >= 11 is 3.36. The molecule has 0 heterocycles. The van der Waals surface area contributed by atoms with Gasteiger partial charge in [-0.3, -0.25) is 9.59 Å². The van der Waals surface area contributed by atoms with Crippen LogP contribution in [0.2, 0.25) is 0 Å². The molecule has 0 bridgehead atoms. The van der Waals surface area contributed by atoms with Gasteiger partial charge < -0.3 is 16.4 Å². The maximum atomic E-state index is 11.9. The number of para-hydroxylation sites is 2. The largest absolute Gasteiger partial charge is 0.397 e. The van der Waals surface area contributed by atoms with Crippen molar-refractivity contribution < 1.29 is 9.59 Å². The molecule has 2 amide bonds. The Kier molecular flexibility index (Phi) is 6.81. The first kappa shape index (κ1) is 18.0. The Balaban J connectivity index is 1.66. The zero-order valence-corrected chi connectivity index (χ0v) is 14.8. The maximum absolute atomic E-state index is 11.9. The molecule has 2 rings (SSSR count). The highest BCUT2D eigenvalue weighted by molar-refractivity contribution is 9.10. The monoisotopic (exact) mass is 389 g/mol. The van der Waals surface area contributed by atoms with Crippen LogP contribution in [0.1, 0.15) is 25.7 Å². The Bertz CT molecular complexity index is 719. The zero-order chi connectivity index (χ0) is 17.4. The molecule has 0 fully saturated rings. The van der Waals surface area contributed by atoms with Gasteiger partial charge in [0.05, 0.1) is 11.4 Å². The smallest absolute Gasteiger partial charge is 0.224 e. The molecular formula is C18H20BrN3O2. The molecule has 5 nitrogen and oxygen atoms in total. The van der Waals surface area contributed by atoms with Crippen LogP contribution in [0.4, 0.5) is 17.1 Å². The number of nitrogens with one attached hydrogen (secondary N) is 2. The third-order valence-corrected chi connectivity index (χ3v) is 3.89. The standard InChI is InChI=1S/C18H20BrN3O2/c19-13-6-5-7-14(12-13)21-17(23)10-3-4-11-18(24)22-16-9-2-1-8-15(16)20/h1-2,5-9,12H,3-4,10-11,20H2,(H,21,23)(H,22,24). The first-order valence-corrected chi connectivity index (χ1v) is 8.53. The number of anilines is 3. The maximum Gasteiger partial charge on any atom is 0.224 e. The summed E-state index contributed by atoms with van der Waals surface area (Å²) in [6.45, 7) is 0. The van der Waals surface area contributed by atoms with Crippen molar-refractivity contribution in [1.82, 2.24) is 0 Å². The molecule has 0 saturated heterocycles. The normalized spacial score (nSPS) is 10.2. The molecule has 0 aromatic heterocycles. The second-order valence-electron chi connectivity index (χ2n) is 5.40. The number of unbranched alkanes of at least 4 members (excludes halogenated alkanes) is 1. The summed E-state index contributed by atoms with van der Waals surface area (Å²) in [5, 5.41) is 5.61. The minimum absolute atomic E-state index is 0.0548. The van der Waals surface area contributed by atoms with Crippen LogP contribution in [0.15, 0.2) is 53.0 Å². The van der Waals surface area contributed by atoms with Crippen LogP contribution in [0, 0.1) is 0 Å². The topological polar surface area (TPSA) is 84.2 Å². The molecule has 4 N–H and O–H groups in total. The molecule has 0 saturated carbocycles. The predicted molar refractivity (Wildman–Crippen MR) is 101 cm³/mol. The number of hydrogen-bond acceptors (Lipinski definition) is 3. The van der Waals surface area contributed by atoms with Crippen LogP contribution < -0.4 is 16.4 Å². The highest BCUT2D eigenvalue weighted by Crippen LogP contribution is 2.18. The Labute approximate surface area is 149 Å². The lowest BCUT2D eigenvalue weighted by atomic mass is 10.1. The van der Waals surface area contributed by atoms with E-state index in [0.717, 1.165) is 10.2 Å². The molecule has 6 heteroatoms. The Morgan fingerprint density at radius 3 is 2.25 bits per heavy atom. The number of carbonyl (C=O) groups is 2. The molecular weight excluding hydrogens is 370 g/mol. The van der Waals surface area contributed by atoms with Gasteiger partial charge in [0, 0.05) is 23.0 Å². The first-order chi connectivity index (χ1) is 11.5. The van der Waals surface area contributed by atoms with Gasteiger partial charge in [-0.15, -0.1) is 0 Å². The molecule has 0 spiro atoms. The molecule has 0 aliphatic carbocycles. The van der Waals surface area contributed by atoms with Gasteiger partial charge in [0.2, 0.25) is 11.8 Å². The number of nitrogen functional groups attached to an aromatic ring is 1. The molecule has 2 aromatic carbocycles. The summed E-state index contributed by atoms with van der Waals surface area (Å²) in [6.07, 6.45) is 2.04. The minimum atomic E-state index is -0.0969. The van der Waals surface area contributed by atoms with Crippen LogP contribution in [-0.4, -0.2) is 11.8 Å². The summed E-state index contributed by atoms with van der Waals surface area (Å²) in [5.41, 5.74) is 7.69. The van der Waals surface area contributed by atoms with Gasteiger partial charge in [0.15, 0.2) is 0 Å². The molecule has 24 heavy (non-hydrogen) atoms. The van der Waals surface area contributed by atoms with Crippen molar-refractivity contribution in [3.8, 4) is 0 Å². The van der Waals surface area contributed by atoms with Crippen LogP contribution in [0.5, 0.6) is 0 Å². The lowest BCUT2D eigenvalue weighted by Crippen LogP contribution is -2.14. The van der Waals surface area contributed by atoms with Gasteiger partial charge in [0.25, 0.3) is 0 Å². The highest BCUT2D eigenvalue weighted by atomic mass is 79.9.